The van der Waals surface area contributed by atoms with Gasteiger partial charge < -0.3 is 10.3 Å². The van der Waals surface area contributed by atoms with E-state index in [1.54, 1.807) is 31.2 Å². The lowest BCUT2D eigenvalue weighted by Crippen LogP contribution is -2.10. The number of hydrogen-bond acceptors (Lipinski definition) is 7. The smallest absolute Gasteiger partial charge is 0.424 e. The molecule has 0 fully saturated rings. The van der Waals surface area contributed by atoms with Crippen LogP contribution in [0.1, 0.15) is 26.3 Å². The third-order valence-electron chi connectivity index (χ3n) is 2.34. The minimum Gasteiger partial charge on any atom is -0.424 e. The van der Waals surface area contributed by atoms with Crippen molar-refractivity contribution in [1.29, 1.82) is 0 Å². The molecule has 7 nitrogen and oxygen atoms in total. The maximum atomic E-state index is 10.5. The van der Waals surface area contributed by atoms with E-state index in [4.69, 9.17) is 31.1 Å². The number of carbonyl (C=O) groups excluding carboxylic acids is 1. The molecule has 122 valence electrons. The second-order valence-electron chi connectivity index (χ2n) is 3.99. The van der Waals surface area contributed by atoms with E-state index in [0.29, 0.717) is 24.7 Å². The summed E-state index contributed by atoms with van der Waals surface area (Å²) in [6.45, 7) is 3.36. The molecule has 22 heavy (non-hydrogen) atoms. The van der Waals surface area contributed by atoms with E-state index >= 15 is 0 Å². The molecule has 1 amide bonds. The van der Waals surface area contributed by atoms with Gasteiger partial charge in [-0.3, -0.25) is 13.9 Å². The Labute approximate surface area is 134 Å². The Kier molecular flexibility index (Phi) is 7.47. The van der Waals surface area contributed by atoms with Gasteiger partial charge in [0.2, 0.25) is 0 Å². The van der Waals surface area contributed by atoms with Crippen LogP contribution in [0.2, 0.25) is 0 Å². The number of carbonyl (C=O) groups is 1. The SMILES string of the molecule is CCOP(=S)(OCC)Oc1ccc(C(C)=NOC(N)=O)cc1. The van der Waals surface area contributed by atoms with Crippen molar-refractivity contribution in [1.82, 2.24) is 0 Å². The fraction of sp³-hybridized carbons (Fsp3) is 0.385. The first kappa shape index (κ1) is 18.6. The molecule has 0 heterocycles. The number of rotatable bonds is 8. The van der Waals surface area contributed by atoms with Crippen molar-refractivity contribution < 1.29 is 23.2 Å². The highest BCUT2D eigenvalue weighted by Crippen LogP contribution is 2.49. The number of amides is 1. The van der Waals surface area contributed by atoms with Crippen LogP contribution < -0.4 is 10.3 Å². The van der Waals surface area contributed by atoms with Gasteiger partial charge in [0.1, 0.15) is 5.75 Å². The number of primary amides is 1. The fourth-order valence-electron chi connectivity index (χ4n) is 1.46. The highest BCUT2D eigenvalue weighted by molar-refractivity contribution is 8.07. The molecule has 0 saturated heterocycles. The number of benzene rings is 1. The van der Waals surface area contributed by atoms with Crippen LogP contribution in [0, 0.1) is 0 Å². The average molecular weight is 346 g/mol. The molecule has 0 unspecified atom stereocenters. The standard InChI is InChI=1S/C13H19N2O5PS/c1-4-17-21(22,18-5-2)20-12-8-6-11(7-9-12)10(3)15-19-13(14)16/h6-9H,4-5H2,1-3H3,(H2,14,16). The van der Waals surface area contributed by atoms with Gasteiger partial charge in [-0.1, -0.05) is 5.16 Å². The predicted molar refractivity (Wildman–Crippen MR) is 87.5 cm³/mol. The Hall–Kier alpha value is -1.47. The van der Waals surface area contributed by atoms with Crippen LogP contribution >= 0.6 is 6.72 Å². The summed E-state index contributed by atoms with van der Waals surface area (Å²) in [5, 5.41) is 3.60. The van der Waals surface area contributed by atoms with E-state index in [9.17, 15) is 4.79 Å². The molecule has 0 aliphatic heterocycles. The van der Waals surface area contributed by atoms with E-state index in [2.05, 4.69) is 9.99 Å². The van der Waals surface area contributed by atoms with E-state index < -0.39 is 12.8 Å². The summed E-state index contributed by atoms with van der Waals surface area (Å²) in [6.07, 6.45) is -0.964. The van der Waals surface area contributed by atoms with Crippen molar-refractivity contribution in [3.8, 4) is 5.75 Å². The lowest BCUT2D eigenvalue weighted by Gasteiger charge is -2.21. The summed E-state index contributed by atoms with van der Waals surface area (Å²) in [4.78, 5) is 14.9. The third-order valence-corrected chi connectivity index (χ3v) is 4.78. The topological polar surface area (TPSA) is 92.4 Å². The molecule has 0 saturated carbocycles. The second kappa shape index (κ2) is 8.85. The second-order valence-corrected chi connectivity index (χ2v) is 6.92. The van der Waals surface area contributed by atoms with Crippen LogP contribution in [0.3, 0.4) is 0 Å². The van der Waals surface area contributed by atoms with Crippen molar-refractivity contribution in [2.75, 3.05) is 13.2 Å². The van der Waals surface area contributed by atoms with E-state index in [0.717, 1.165) is 5.56 Å². The molecule has 0 atom stereocenters. The maximum absolute atomic E-state index is 10.5. The maximum Gasteiger partial charge on any atom is 0.430 e. The first-order valence-corrected chi connectivity index (χ1v) is 9.16. The molecule has 0 aliphatic rings. The van der Waals surface area contributed by atoms with Crippen LogP contribution in [0.25, 0.3) is 0 Å². The van der Waals surface area contributed by atoms with Gasteiger partial charge in [-0.25, -0.2) is 4.79 Å². The third kappa shape index (κ3) is 6.11. The Morgan fingerprint density at radius 3 is 2.23 bits per heavy atom. The first-order valence-electron chi connectivity index (χ1n) is 6.60. The zero-order valence-corrected chi connectivity index (χ0v) is 14.4. The largest absolute Gasteiger partial charge is 0.430 e. The molecule has 0 bridgehead atoms. The molecule has 0 radical (unpaired) electrons. The Morgan fingerprint density at radius 1 is 1.23 bits per heavy atom. The molecular weight excluding hydrogens is 327 g/mol. The lowest BCUT2D eigenvalue weighted by atomic mass is 10.1. The summed E-state index contributed by atoms with van der Waals surface area (Å²) in [6, 6.07) is 6.90. The van der Waals surface area contributed by atoms with Gasteiger partial charge in [-0.15, -0.1) is 0 Å². The zero-order chi connectivity index (χ0) is 16.6. The molecule has 0 spiro atoms. The Morgan fingerprint density at radius 2 is 1.77 bits per heavy atom. The summed E-state index contributed by atoms with van der Waals surface area (Å²) in [7, 11) is 0. The van der Waals surface area contributed by atoms with Gasteiger partial charge in [0, 0.05) is 11.8 Å². The van der Waals surface area contributed by atoms with Crippen LogP contribution in [0.4, 0.5) is 4.79 Å². The fourth-order valence-corrected chi connectivity index (χ4v) is 3.54. The average Bonchev–Trinajstić information content (AvgIpc) is 2.45. The number of nitrogens with zero attached hydrogens (tertiary/aromatic N) is 1. The van der Waals surface area contributed by atoms with Crippen LogP contribution in [0.5, 0.6) is 5.75 Å². The quantitative estimate of drug-likeness (QED) is 0.336. The van der Waals surface area contributed by atoms with Crippen molar-refractivity contribution in [2.45, 2.75) is 20.8 Å². The molecule has 1 aromatic carbocycles. The molecule has 2 N–H and O–H groups in total. The highest BCUT2D eigenvalue weighted by Gasteiger charge is 2.21. The zero-order valence-electron chi connectivity index (χ0n) is 12.6. The van der Waals surface area contributed by atoms with Crippen LogP contribution in [-0.2, 0) is 25.7 Å². The highest BCUT2D eigenvalue weighted by atomic mass is 32.5. The Bertz CT molecular complexity index is 566. The Balaban J connectivity index is 2.81. The van der Waals surface area contributed by atoms with E-state index in [-0.39, 0.29) is 0 Å². The monoisotopic (exact) mass is 346 g/mol. The number of hydrogen-bond donors (Lipinski definition) is 1. The first-order chi connectivity index (χ1) is 10.4. The van der Waals surface area contributed by atoms with Crippen molar-refractivity contribution in [3.63, 3.8) is 0 Å². The molecule has 1 aromatic rings. The summed E-state index contributed by atoms with van der Waals surface area (Å²) in [5.74, 6) is 0.526. The lowest BCUT2D eigenvalue weighted by molar-refractivity contribution is 0.161. The van der Waals surface area contributed by atoms with Gasteiger partial charge in [0.05, 0.1) is 18.9 Å². The van der Waals surface area contributed by atoms with Crippen LogP contribution in [0.15, 0.2) is 29.4 Å². The number of oxime groups is 1. The molecule has 1 rings (SSSR count). The normalized spacial score (nSPS) is 12.0. The van der Waals surface area contributed by atoms with Crippen molar-refractivity contribution in [2.24, 2.45) is 10.9 Å². The van der Waals surface area contributed by atoms with Gasteiger partial charge in [-0.05, 0) is 50.6 Å². The van der Waals surface area contributed by atoms with Gasteiger partial charge >= 0.3 is 12.8 Å². The molecule has 0 aromatic heterocycles. The summed E-state index contributed by atoms with van der Waals surface area (Å²) in [5.41, 5.74) is 6.09. The van der Waals surface area contributed by atoms with E-state index in [1.165, 1.54) is 0 Å². The predicted octanol–water partition coefficient (Wildman–Crippen LogP) is 3.18. The minimum absolute atomic E-state index is 0.408. The molecule has 9 heteroatoms. The minimum atomic E-state index is -2.79. The van der Waals surface area contributed by atoms with E-state index in [1.807, 2.05) is 13.8 Å². The summed E-state index contributed by atoms with van der Waals surface area (Å²) < 4.78 is 16.5. The van der Waals surface area contributed by atoms with Gasteiger partial charge in [-0.2, -0.15) is 0 Å². The van der Waals surface area contributed by atoms with Crippen LogP contribution in [-0.4, -0.2) is 25.0 Å². The van der Waals surface area contributed by atoms with Gasteiger partial charge in [0.15, 0.2) is 0 Å². The molecular formula is C13H19N2O5PS. The number of nitrogens with two attached hydrogens (primary N) is 1. The summed E-state index contributed by atoms with van der Waals surface area (Å²) >= 11 is 5.29. The molecule has 0 aliphatic carbocycles. The van der Waals surface area contributed by atoms with Gasteiger partial charge in [0.25, 0.3) is 0 Å². The van der Waals surface area contributed by atoms with Crippen molar-refractivity contribution >= 4 is 30.3 Å². The van der Waals surface area contributed by atoms with Crippen molar-refractivity contribution in [3.05, 3.63) is 29.8 Å².